The maximum Gasteiger partial charge on any atom is 0.472 e. The van der Waals surface area contributed by atoms with E-state index < -0.39 is 13.9 Å². The molecule has 0 radical (unpaired) electrons. The SMILES string of the molecule is CCCCC/C=C\C/C=C\C/C=C\CCCCCCCCCOCC(COP(=O)(O)OCCN)OC(=O)CCCCCCCCCCCCCCCCCC. The number of carbonyl (C=O) groups excluding carboxylic acids is 1. The van der Waals surface area contributed by atoms with Crippen LogP contribution in [0.15, 0.2) is 36.5 Å². The van der Waals surface area contributed by atoms with Crippen molar-refractivity contribution < 1.29 is 32.8 Å². The van der Waals surface area contributed by atoms with E-state index in [9.17, 15) is 14.3 Å². The molecule has 3 N–H and O–H groups in total. The Morgan fingerprint density at radius 2 is 0.964 bits per heavy atom. The number of ether oxygens (including phenoxy) is 2. The lowest BCUT2D eigenvalue weighted by molar-refractivity contribution is -0.154. The van der Waals surface area contributed by atoms with Crippen molar-refractivity contribution in [1.82, 2.24) is 0 Å². The highest BCUT2D eigenvalue weighted by Gasteiger charge is 2.25. The van der Waals surface area contributed by atoms with Crippen LogP contribution in [0, 0.1) is 0 Å². The molecule has 0 saturated carbocycles. The molecule has 0 heterocycles. The van der Waals surface area contributed by atoms with E-state index in [1.54, 1.807) is 0 Å². The van der Waals surface area contributed by atoms with Crippen LogP contribution >= 0.6 is 7.82 Å². The normalized spacial score (nSPS) is 13.7. The van der Waals surface area contributed by atoms with E-state index in [0.29, 0.717) is 13.0 Å². The quantitative estimate of drug-likeness (QED) is 0.0271. The molecule has 0 aromatic heterocycles. The van der Waals surface area contributed by atoms with Crippen LogP contribution in [0.4, 0.5) is 0 Å². The summed E-state index contributed by atoms with van der Waals surface area (Å²) < 4.78 is 33.5. The molecule has 0 aromatic carbocycles. The zero-order valence-electron chi connectivity index (χ0n) is 35.9. The summed E-state index contributed by atoms with van der Waals surface area (Å²) in [7, 11) is -4.28. The molecule has 0 fully saturated rings. The minimum Gasteiger partial charge on any atom is -0.457 e. The summed E-state index contributed by atoms with van der Waals surface area (Å²) in [6.45, 7) is 4.90. The molecule has 0 aliphatic carbocycles. The Balaban J connectivity index is 4.00. The monoisotopic (exact) mass is 798 g/mol. The van der Waals surface area contributed by atoms with Gasteiger partial charge in [0.1, 0.15) is 6.10 Å². The predicted molar refractivity (Wildman–Crippen MR) is 233 cm³/mol. The number of hydrogen-bond acceptors (Lipinski definition) is 7. The Bertz CT molecular complexity index is 941. The summed E-state index contributed by atoms with van der Waals surface area (Å²) in [5, 5.41) is 0. The van der Waals surface area contributed by atoms with Crippen LogP contribution in [0.2, 0.25) is 0 Å². The Kier molecular flexibility index (Phi) is 42.8. The van der Waals surface area contributed by atoms with Gasteiger partial charge in [-0.05, 0) is 51.4 Å². The molecule has 0 rings (SSSR count). The average Bonchev–Trinajstić information content (AvgIpc) is 3.17. The van der Waals surface area contributed by atoms with Gasteiger partial charge in [0.25, 0.3) is 0 Å². The summed E-state index contributed by atoms with van der Waals surface area (Å²) in [5.74, 6) is -0.331. The molecule has 0 saturated heterocycles. The van der Waals surface area contributed by atoms with E-state index in [4.69, 9.17) is 24.3 Å². The summed E-state index contributed by atoms with van der Waals surface area (Å²) in [6.07, 6.45) is 50.2. The summed E-state index contributed by atoms with van der Waals surface area (Å²) in [5.41, 5.74) is 5.37. The predicted octanol–water partition coefficient (Wildman–Crippen LogP) is 13.8. The first-order valence-electron chi connectivity index (χ1n) is 23.0. The van der Waals surface area contributed by atoms with Gasteiger partial charge in [-0.3, -0.25) is 13.8 Å². The molecule has 2 atom stereocenters. The van der Waals surface area contributed by atoms with Crippen molar-refractivity contribution in [3.05, 3.63) is 36.5 Å². The molecule has 0 aliphatic heterocycles. The van der Waals surface area contributed by atoms with Crippen LogP contribution in [0.3, 0.4) is 0 Å². The average molecular weight is 798 g/mol. The van der Waals surface area contributed by atoms with Gasteiger partial charge in [0.15, 0.2) is 0 Å². The number of esters is 1. The van der Waals surface area contributed by atoms with Crippen LogP contribution in [0.1, 0.15) is 213 Å². The standard InChI is InChI=1S/C46H88NO7P/c1-3-5-7-9-11-13-15-17-19-21-22-23-24-26-28-30-32-34-36-38-41-51-43-45(44-53-55(49,50)52-42-40-47)54-46(48)39-37-35-33-31-29-27-25-20-18-16-14-12-10-8-6-4-2/h11,13,17,19,22-23,45H,3-10,12,14-16,18,20-21,24-44,47H2,1-2H3,(H,49,50)/b13-11-,19-17-,23-22-. The van der Waals surface area contributed by atoms with Crippen molar-refractivity contribution in [3.63, 3.8) is 0 Å². The minimum absolute atomic E-state index is 0.0966. The zero-order chi connectivity index (χ0) is 40.2. The Morgan fingerprint density at radius 1 is 0.545 bits per heavy atom. The molecule has 8 nitrogen and oxygen atoms in total. The Hall–Kier alpha value is -1.28. The molecule has 0 aromatic rings. The van der Waals surface area contributed by atoms with Crippen LogP contribution in [-0.2, 0) is 27.9 Å². The number of unbranched alkanes of at least 4 members (excludes halogenated alkanes) is 25. The molecule has 324 valence electrons. The number of carbonyl (C=O) groups is 1. The molecule has 0 aliphatic rings. The van der Waals surface area contributed by atoms with Gasteiger partial charge in [0.2, 0.25) is 0 Å². The Labute approximate surface area is 339 Å². The van der Waals surface area contributed by atoms with Crippen LogP contribution in [0.5, 0.6) is 0 Å². The van der Waals surface area contributed by atoms with Crippen molar-refractivity contribution in [2.24, 2.45) is 5.73 Å². The van der Waals surface area contributed by atoms with Gasteiger partial charge in [0.05, 0.1) is 19.8 Å². The highest BCUT2D eigenvalue weighted by atomic mass is 31.2. The van der Waals surface area contributed by atoms with Crippen LogP contribution in [-0.4, -0.2) is 49.9 Å². The van der Waals surface area contributed by atoms with Gasteiger partial charge >= 0.3 is 13.8 Å². The summed E-state index contributed by atoms with van der Waals surface area (Å²) in [4.78, 5) is 22.5. The van der Waals surface area contributed by atoms with Crippen molar-refractivity contribution in [2.75, 3.05) is 33.0 Å². The van der Waals surface area contributed by atoms with Gasteiger partial charge in [-0.25, -0.2) is 4.57 Å². The van der Waals surface area contributed by atoms with E-state index in [1.807, 2.05) is 0 Å². The molecule has 0 bridgehead atoms. The fourth-order valence-corrected chi connectivity index (χ4v) is 7.18. The highest BCUT2D eigenvalue weighted by molar-refractivity contribution is 7.47. The molecular weight excluding hydrogens is 709 g/mol. The minimum atomic E-state index is -4.28. The largest absolute Gasteiger partial charge is 0.472 e. The third-order valence-electron chi connectivity index (χ3n) is 9.81. The van der Waals surface area contributed by atoms with Crippen LogP contribution in [0.25, 0.3) is 0 Å². The summed E-state index contributed by atoms with van der Waals surface area (Å²) >= 11 is 0. The molecule has 0 spiro atoms. The van der Waals surface area contributed by atoms with Crippen molar-refractivity contribution in [1.29, 1.82) is 0 Å². The maximum absolute atomic E-state index is 12.6. The lowest BCUT2D eigenvalue weighted by atomic mass is 10.0. The van der Waals surface area contributed by atoms with E-state index in [-0.39, 0.29) is 32.3 Å². The number of phosphoric ester groups is 1. The molecule has 9 heteroatoms. The van der Waals surface area contributed by atoms with Crippen molar-refractivity contribution in [3.8, 4) is 0 Å². The first-order valence-corrected chi connectivity index (χ1v) is 24.5. The smallest absolute Gasteiger partial charge is 0.457 e. The number of phosphoric acid groups is 1. The Morgan fingerprint density at radius 3 is 1.47 bits per heavy atom. The molecule has 0 amide bonds. The lowest BCUT2D eigenvalue weighted by Crippen LogP contribution is -2.28. The van der Waals surface area contributed by atoms with Gasteiger partial charge in [-0.15, -0.1) is 0 Å². The maximum atomic E-state index is 12.6. The zero-order valence-corrected chi connectivity index (χ0v) is 36.8. The molecule has 55 heavy (non-hydrogen) atoms. The van der Waals surface area contributed by atoms with Crippen LogP contribution < -0.4 is 5.73 Å². The second kappa shape index (κ2) is 43.8. The second-order valence-electron chi connectivity index (χ2n) is 15.3. The number of hydrogen-bond donors (Lipinski definition) is 2. The number of allylic oxidation sites excluding steroid dienone is 6. The fraction of sp³-hybridized carbons (Fsp3) is 0.848. The second-order valence-corrected chi connectivity index (χ2v) is 16.7. The molecular formula is C46H88NO7P. The third kappa shape index (κ3) is 43.7. The molecule has 2 unspecified atom stereocenters. The van der Waals surface area contributed by atoms with E-state index in [0.717, 1.165) is 51.4 Å². The fourth-order valence-electron chi connectivity index (χ4n) is 6.42. The first kappa shape index (κ1) is 53.7. The van der Waals surface area contributed by atoms with E-state index >= 15 is 0 Å². The van der Waals surface area contributed by atoms with Gasteiger partial charge in [-0.1, -0.05) is 192 Å². The lowest BCUT2D eigenvalue weighted by Gasteiger charge is -2.20. The van der Waals surface area contributed by atoms with Crippen molar-refractivity contribution in [2.45, 2.75) is 219 Å². The van der Waals surface area contributed by atoms with E-state index in [2.05, 4.69) is 50.3 Å². The van der Waals surface area contributed by atoms with E-state index in [1.165, 1.54) is 141 Å². The number of nitrogens with two attached hydrogens (primary N) is 1. The third-order valence-corrected chi connectivity index (χ3v) is 10.8. The number of rotatable bonds is 44. The highest BCUT2D eigenvalue weighted by Crippen LogP contribution is 2.43. The van der Waals surface area contributed by atoms with Gasteiger partial charge in [0, 0.05) is 19.6 Å². The first-order chi connectivity index (χ1) is 26.9. The van der Waals surface area contributed by atoms with Crippen molar-refractivity contribution >= 4 is 13.8 Å². The van der Waals surface area contributed by atoms with Gasteiger partial charge < -0.3 is 20.1 Å². The summed E-state index contributed by atoms with van der Waals surface area (Å²) in [6, 6.07) is 0. The topological polar surface area (TPSA) is 117 Å². The van der Waals surface area contributed by atoms with Gasteiger partial charge in [-0.2, -0.15) is 0 Å².